The molecule has 1 atom stereocenters. The number of likely N-dealkylation sites (tertiary alicyclic amines) is 1. The zero-order valence-electron chi connectivity index (χ0n) is 23.2. The van der Waals surface area contributed by atoms with Crippen LogP contribution in [0.3, 0.4) is 0 Å². The van der Waals surface area contributed by atoms with Crippen LogP contribution in [0.5, 0.6) is 0 Å². The summed E-state index contributed by atoms with van der Waals surface area (Å²) < 4.78 is 10.0. The van der Waals surface area contributed by atoms with Crippen molar-refractivity contribution in [1.29, 1.82) is 0 Å². The molecule has 1 fully saturated rings. The second kappa shape index (κ2) is 9.82. The van der Waals surface area contributed by atoms with Crippen molar-refractivity contribution in [2.75, 3.05) is 13.1 Å². The number of para-hydroxylation sites is 1. The van der Waals surface area contributed by atoms with Crippen LogP contribution in [0.25, 0.3) is 33.5 Å². The number of carbonyl (C=O) groups is 2. The predicted octanol–water partition coefficient (Wildman–Crippen LogP) is 5.65. The van der Waals surface area contributed by atoms with Crippen LogP contribution < -0.4 is 5.32 Å². The molecule has 0 radical (unpaired) electrons. The lowest BCUT2D eigenvalue weighted by Gasteiger charge is -2.33. The number of nitrogens with zero attached hydrogens (tertiary/aromatic N) is 4. The fraction of sp³-hybridized carbons (Fsp3) is 0.433. The van der Waals surface area contributed by atoms with Crippen molar-refractivity contribution < 1.29 is 14.3 Å². The number of piperidine rings is 1. The third-order valence-corrected chi connectivity index (χ3v) is 7.23. The first-order valence-electron chi connectivity index (χ1n) is 13.4. The lowest BCUT2D eigenvalue weighted by Crippen LogP contribution is -2.47. The number of imidazole rings is 1. The molecule has 8 heteroatoms. The minimum atomic E-state index is -0.445. The monoisotopic (exact) mass is 515 g/mol. The summed E-state index contributed by atoms with van der Waals surface area (Å²) in [6.07, 6.45) is 0.765. The first-order valence-corrected chi connectivity index (χ1v) is 13.4. The molecular formula is C30H37N5O3. The third kappa shape index (κ3) is 4.87. The molecule has 1 saturated heterocycles. The highest BCUT2D eigenvalue weighted by Gasteiger charge is 2.29. The second-order valence-electron chi connectivity index (χ2n) is 11.3. The van der Waals surface area contributed by atoms with Crippen LogP contribution in [0.2, 0.25) is 0 Å². The number of hydrogen-bond donors (Lipinski definition) is 1. The van der Waals surface area contributed by atoms with Crippen molar-refractivity contribution in [2.24, 2.45) is 7.05 Å². The van der Waals surface area contributed by atoms with E-state index >= 15 is 0 Å². The molecular weight excluding hydrogens is 478 g/mol. The minimum Gasteiger partial charge on any atom is -0.444 e. The molecule has 2 amide bonds. The number of fused-ring (bicyclic) bond motifs is 2. The van der Waals surface area contributed by atoms with Gasteiger partial charge in [-0.25, -0.2) is 9.78 Å². The Kier molecular flexibility index (Phi) is 6.67. The van der Waals surface area contributed by atoms with E-state index in [0.29, 0.717) is 18.7 Å². The molecule has 2 aromatic carbocycles. The molecule has 0 saturated carbocycles. The molecule has 1 aliphatic rings. The molecule has 4 aromatic rings. The number of rotatable bonds is 4. The Balaban J connectivity index is 1.43. The van der Waals surface area contributed by atoms with Crippen LogP contribution in [-0.4, -0.2) is 55.8 Å². The highest BCUT2D eigenvalue weighted by atomic mass is 16.6. The maximum atomic E-state index is 13.6. The van der Waals surface area contributed by atoms with E-state index in [-0.39, 0.29) is 17.6 Å². The van der Waals surface area contributed by atoms with Crippen molar-refractivity contribution in [3.05, 3.63) is 53.6 Å². The molecule has 2 aromatic heterocycles. The van der Waals surface area contributed by atoms with Crippen LogP contribution in [0.4, 0.5) is 4.79 Å². The van der Waals surface area contributed by atoms with Crippen LogP contribution in [-0.2, 0) is 18.3 Å². The third-order valence-electron chi connectivity index (χ3n) is 7.23. The van der Waals surface area contributed by atoms with Gasteiger partial charge in [-0.05, 0) is 77.3 Å². The summed E-state index contributed by atoms with van der Waals surface area (Å²) in [5.41, 5.74) is 5.18. The number of hydrogen-bond acceptors (Lipinski definition) is 4. The Bertz CT molecular complexity index is 1520. The Labute approximate surface area is 223 Å². The molecule has 38 heavy (non-hydrogen) atoms. The zero-order chi connectivity index (χ0) is 27.2. The molecule has 8 nitrogen and oxygen atoms in total. The fourth-order valence-corrected chi connectivity index (χ4v) is 5.41. The van der Waals surface area contributed by atoms with Crippen molar-refractivity contribution in [1.82, 2.24) is 24.3 Å². The van der Waals surface area contributed by atoms with Crippen molar-refractivity contribution in [3.63, 3.8) is 0 Å². The molecule has 0 unspecified atom stereocenters. The van der Waals surface area contributed by atoms with Crippen LogP contribution in [0, 0.1) is 6.92 Å². The Morgan fingerprint density at radius 3 is 2.63 bits per heavy atom. The van der Waals surface area contributed by atoms with Gasteiger partial charge in [-0.15, -0.1) is 0 Å². The normalized spacial score (nSPS) is 16.3. The average Bonchev–Trinajstić information content (AvgIpc) is 3.39. The highest BCUT2D eigenvalue weighted by Crippen LogP contribution is 2.31. The van der Waals surface area contributed by atoms with Gasteiger partial charge < -0.3 is 24.1 Å². The topological polar surface area (TPSA) is 81.4 Å². The predicted molar refractivity (Wildman–Crippen MR) is 150 cm³/mol. The smallest absolute Gasteiger partial charge is 0.407 e. The van der Waals surface area contributed by atoms with Crippen LogP contribution in [0.1, 0.15) is 56.5 Å². The number of alkyl carbamates (subject to hydrolysis) is 1. The van der Waals surface area contributed by atoms with E-state index in [2.05, 4.69) is 51.7 Å². The number of aryl methyl sites for hydroxylation is 3. The van der Waals surface area contributed by atoms with Crippen molar-refractivity contribution in [2.45, 2.75) is 65.6 Å². The lowest BCUT2D eigenvalue weighted by molar-refractivity contribution is 0.0322. The Morgan fingerprint density at radius 2 is 1.89 bits per heavy atom. The van der Waals surface area contributed by atoms with E-state index < -0.39 is 6.09 Å². The van der Waals surface area contributed by atoms with E-state index in [1.165, 1.54) is 10.9 Å². The van der Waals surface area contributed by atoms with Gasteiger partial charge in [0.1, 0.15) is 6.10 Å². The summed E-state index contributed by atoms with van der Waals surface area (Å²) in [6.45, 7) is 11.7. The molecule has 0 aliphatic carbocycles. The summed E-state index contributed by atoms with van der Waals surface area (Å²) in [7, 11) is 2.03. The molecule has 0 spiro atoms. The van der Waals surface area contributed by atoms with E-state index in [0.717, 1.165) is 47.5 Å². The summed E-state index contributed by atoms with van der Waals surface area (Å²) >= 11 is 0. The molecule has 3 heterocycles. The molecule has 0 bridgehead atoms. The second-order valence-corrected chi connectivity index (χ2v) is 11.3. The minimum absolute atomic E-state index is 0.0520. The summed E-state index contributed by atoms with van der Waals surface area (Å²) in [5, 5.41) is 4.01. The SMILES string of the molecule is CCn1c(-c2nc3cc(C(=O)N4CCC[C@@H](OC(=O)NC(C)(C)C)C4)c(C)cc3n2C)cc2ccccc21. The van der Waals surface area contributed by atoms with Gasteiger partial charge in [-0.1, -0.05) is 18.2 Å². The average molecular weight is 516 g/mol. The first-order chi connectivity index (χ1) is 18.1. The zero-order valence-corrected chi connectivity index (χ0v) is 23.2. The molecule has 1 aliphatic heterocycles. The van der Waals surface area contributed by atoms with Gasteiger partial charge in [0, 0.05) is 42.1 Å². The number of amides is 2. The van der Waals surface area contributed by atoms with Gasteiger partial charge in [0.2, 0.25) is 0 Å². The number of nitrogens with one attached hydrogen (secondary N) is 1. The van der Waals surface area contributed by atoms with Gasteiger partial charge in [-0.2, -0.15) is 0 Å². The van der Waals surface area contributed by atoms with E-state index in [4.69, 9.17) is 9.72 Å². The summed E-state index contributed by atoms with van der Waals surface area (Å²) in [4.78, 5) is 32.7. The Hall–Kier alpha value is -3.81. The van der Waals surface area contributed by atoms with Gasteiger partial charge in [0.25, 0.3) is 5.91 Å². The Morgan fingerprint density at radius 1 is 1.13 bits per heavy atom. The van der Waals surface area contributed by atoms with E-state index in [9.17, 15) is 9.59 Å². The number of carbonyl (C=O) groups excluding carboxylic acids is 2. The van der Waals surface area contributed by atoms with Crippen LogP contribution >= 0.6 is 0 Å². The van der Waals surface area contributed by atoms with Gasteiger partial charge in [0.15, 0.2) is 5.82 Å². The maximum Gasteiger partial charge on any atom is 0.407 e. The lowest BCUT2D eigenvalue weighted by atomic mass is 10.0. The van der Waals surface area contributed by atoms with Gasteiger partial charge in [0.05, 0.1) is 23.3 Å². The van der Waals surface area contributed by atoms with E-state index in [1.807, 2.05) is 46.9 Å². The molecule has 5 rings (SSSR count). The first kappa shape index (κ1) is 25.8. The molecule has 200 valence electrons. The standard InChI is InChI=1S/C30H37N5O3/c1-7-35-24-13-9-8-11-20(24)16-26(35)27-31-23-17-22(19(2)15-25(23)33(27)6)28(36)34-14-10-12-21(18-34)38-29(37)32-30(3,4)5/h8-9,11,13,15-17,21H,7,10,12,14,18H2,1-6H3,(H,32,37)/t21-/m1/s1. The number of aromatic nitrogens is 3. The summed E-state index contributed by atoms with van der Waals surface area (Å²) in [6, 6.07) is 14.5. The van der Waals surface area contributed by atoms with E-state index in [1.54, 1.807) is 4.90 Å². The largest absolute Gasteiger partial charge is 0.444 e. The quantitative estimate of drug-likeness (QED) is 0.381. The van der Waals surface area contributed by atoms with Crippen molar-refractivity contribution in [3.8, 4) is 11.5 Å². The maximum absolute atomic E-state index is 13.6. The van der Waals surface area contributed by atoms with Crippen molar-refractivity contribution >= 4 is 33.9 Å². The van der Waals surface area contributed by atoms with Gasteiger partial charge in [-0.3, -0.25) is 4.79 Å². The van der Waals surface area contributed by atoms with Crippen LogP contribution in [0.15, 0.2) is 42.5 Å². The number of benzene rings is 2. The molecule has 1 N–H and O–H groups in total. The summed E-state index contributed by atoms with van der Waals surface area (Å²) in [5.74, 6) is 0.821. The highest BCUT2D eigenvalue weighted by molar-refractivity contribution is 5.99. The van der Waals surface area contributed by atoms with Gasteiger partial charge >= 0.3 is 6.09 Å². The fourth-order valence-electron chi connectivity index (χ4n) is 5.41. The number of ether oxygens (including phenoxy) is 1.